The summed E-state index contributed by atoms with van der Waals surface area (Å²) in [6.07, 6.45) is 10.6. The molecule has 0 atom stereocenters. The largest absolute Gasteiger partial charge is 0.339 e. The lowest BCUT2D eigenvalue weighted by atomic mass is 9.82. The van der Waals surface area contributed by atoms with Gasteiger partial charge in [-0.2, -0.15) is 0 Å². The molecule has 0 saturated heterocycles. The van der Waals surface area contributed by atoms with E-state index in [2.05, 4.69) is 11.8 Å². The SMILES string of the molecule is CC1CCC(C(=O)N(CCCN)C2CCCC2)CC1. The van der Waals surface area contributed by atoms with Crippen LogP contribution in [-0.4, -0.2) is 29.9 Å². The summed E-state index contributed by atoms with van der Waals surface area (Å²) >= 11 is 0. The first-order valence-corrected chi connectivity index (χ1v) is 8.23. The standard InChI is InChI=1S/C16H30N2O/c1-13-7-9-14(10-8-13)16(19)18(12-4-11-17)15-5-2-3-6-15/h13-15H,2-12,17H2,1H3. The molecule has 2 saturated carbocycles. The van der Waals surface area contributed by atoms with Gasteiger partial charge in [-0.1, -0.05) is 19.8 Å². The highest BCUT2D eigenvalue weighted by molar-refractivity contribution is 5.79. The van der Waals surface area contributed by atoms with Crippen molar-refractivity contribution in [1.29, 1.82) is 0 Å². The third-order valence-electron chi connectivity index (χ3n) is 5.02. The van der Waals surface area contributed by atoms with Crippen LogP contribution in [0.5, 0.6) is 0 Å². The van der Waals surface area contributed by atoms with Crippen LogP contribution in [-0.2, 0) is 4.79 Å². The molecule has 0 aromatic rings. The van der Waals surface area contributed by atoms with Crippen LogP contribution in [0.1, 0.15) is 64.7 Å². The quantitative estimate of drug-likeness (QED) is 0.831. The maximum absolute atomic E-state index is 12.8. The van der Waals surface area contributed by atoms with E-state index in [1.807, 2.05) is 0 Å². The fourth-order valence-corrected chi connectivity index (χ4v) is 3.69. The van der Waals surface area contributed by atoms with Crippen LogP contribution in [0.3, 0.4) is 0 Å². The molecular weight excluding hydrogens is 236 g/mol. The van der Waals surface area contributed by atoms with Crippen LogP contribution in [0, 0.1) is 11.8 Å². The zero-order valence-electron chi connectivity index (χ0n) is 12.4. The van der Waals surface area contributed by atoms with Gasteiger partial charge in [0.15, 0.2) is 0 Å². The van der Waals surface area contributed by atoms with Gasteiger partial charge in [0.2, 0.25) is 5.91 Å². The molecule has 0 bridgehead atoms. The van der Waals surface area contributed by atoms with Crippen molar-refractivity contribution < 1.29 is 4.79 Å². The maximum Gasteiger partial charge on any atom is 0.225 e. The molecule has 110 valence electrons. The third kappa shape index (κ3) is 3.95. The van der Waals surface area contributed by atoms with E-state index in [0.717, 1.165) is 31.7 Å². The Morgan fingerprint density at radius 1 is 1.11 bits per heavy atom. The summed E-state index contributed by atoms with van der Waals surface area (Å²) in [4.78, 5) is 15.0. The normalized spacial score (nSPS) is 28.5. The lowest BCUT2D eigenvalue weighted by Gasteiger charge is -2.35. The average Bonchev–Trinajstić information content (AvgIpc) is 2.94. The molecule has 2 fully saturated rings. The summed E-state index contributed by atoms with van der Waals surface area (Å²) in [7, 11) is 0. The van der Waals surface area contributed by atoms with Crippen molar-refractivity contribution in [3.8, 4) is 0 Å². The molecule has 2 aliphatic rings. The number of hydrogen-bond acceptors (Lipinski definition) is 2. The van der Waals surface area contributed by atoms with Crippen molar-refractivity contribution >= 4 is 5.91 Å². The number of amides is 1. The van der Waals surface area contributed by atoms with Gasteiger partial charge in [-0.25, -0.2) is 0 Å². The second-order valence-corrected chi connectivity index (χ2v) is 6.57. The van der Waals surface area contributed by atoms with Gasteiger partial charge in [0, 0.05) is 18.5 Å². The summed E-state index contributed by atoms with van der Waals surface area (Å²) in [6.45, 7) is 3.88. The van der Waals surface area contributed by atoms with E-state index >= 15 is 0 Å². The van der Waals surface area contributed by atoms with Gasteiger partial charge in [-0.15, -0.1) is 0 Å². The monoisotopic (exact) mass is 266 g/mol. The van der Waals surface area contributed by atoms with Crippen LogP contribution >= 0.6 is 0 Å². The Hall–Kier alpha value is -0.570. The highest BCUT2D eigenvalue weighted by Gasteiger charge is 2.32. The van der Waals surface area contributed by atoms with E-state index in [0.29, 0.717) is 24.4 Å². The molecule has 3 nitrogen and oxygen atoms in total. The second kappa shape index (κ2) is 7.28. The maximum atomic E-state index is 12.8. The predicted molar refractivity (Wildman–Crippen MR) is 78.8 cm³/mol. The zero-order valence-corrected chi connectivity index (χ0v) is 12.4. The molecule has 2 rings (SSSR count). The Bertz CT molecular complexity index is 278. The number of nitrogens with zero attached hydrogens (tertiary/aromatic N) is 1. The van der Waals surface area contributed by atoms with Gasteiger partial charge in [0.25, 0.3) is 0 Å². The molecule has 0 aromatic carbocycles. The summed E-state index contributed by atoms with van der Waals surface area (Å²) in [6, 6.07) is 0.512. The Morgan fingerprint density at radius 2 is 1.74 bits per heavy atom. The highest BCUT2D eigenvalue weighted by atomic mass is 16.2. The minimum absolute atomic E-state index is 0.301. The second-order valence-electron chi connectivity index (χ2n) is 6.57. The van der Waals surface area contributed by atoms with Crippen LogP contribution < -0.4 is 5.73 Å². The molecule has 0 aromatic heterocycles. The Kier molecular flexibility index (Phi) is 5.68. The molecule has 0 radical (unpaired) electrons. The molecule has 19 heavy (non-hydrogen) atoms. The van der Waals surface area contributed by atoms with E-state index in [9.17, 15) is 4.79 Å². The molecule has 2 N–H and O–H groups in total. The van der Waals surface area contributed by atoms with Gasteiger partial charge in [0.05, 0.1) is 0 Å². The van der Waals surface area contributed by atoms with E-state index < -0.39 is 0 Å². The van der Waals surface area contributed by atoms with Crippen molar-refractivity contribution in [2.24, 2.45) is 17.6 Å². The van der Waals surface area contributed by atoms with Crippen molar-refractivity contribution in [2.75, 3.05) is 13.1 Å². The van der Waals surface area contributed by atoms with Gasteiger partial charge in [-0.3, -0.25) is 4.79 Å². The third-order valence-corrected chi connectivity index (χ3v) is 5.02. The number of nitrogens with two attached hydrogens (primary N) is 1. The Labute approximate surface area is 117 Å². The topological polar surface area (TPSA) is 46.3 Å². The molecule has 0 unspecified atom stereocenters. The van der Waals surface area contributed by atoms with Gasteiger partial charge < -0.3 is 10.6 Å². The first-order chi connectivity index (χ1) is 9.22. The van der Waals surface area contributed by atoms with Crippen LogP contribution in [0.15, 0.2) is 0 Å². The molecule has 1 amide bonds. The minimum Gasteiger partial charge on any atom is -0.339 e. The molecular formula is C16H30N2O. The summed E-state index contributed by atoms with van der Waals surface area (Å²) < 4.78 is 0. The molecule has 0 heterocycles. The highest BCUT2D eigenvalue weighted by Crippen LogP contribution is 2.32. The van der Waals surface area contributed by atoms with Gasteiger partial charge >= 0.3 is 0 Å². The zero-order chi connectivity index (χ0) is 13.7. The molecule has 0 aliphatic heterocycles. The smallest absolute Gasteiger partial charge is 0.225 e. The Morgan fingerprint density at radius 3 is 2.32 bits per heavy atom. The fraction of sp³-hybridized carbons (Fsp3) is 0.938. The van der Waals surface area contributed by atoms with Crippen LogP contribution in [0.4, 0.5) is 0 Å². The van der Waals surface area contributed by atoms with E-state index in [1.54, 1.807) is 0 Å². The lowest BCUT2D eigenvalue weighted by Crippen LogP contribution is -2.44. The van der Waals surface area contributed by atoms with Crippen LogP contribution in [0.2, 0.25) is 0 Å². The van der Waals surface area contributed by atoms with Crippen molar-refractivity contribution in [3.63, 3.8) is 0 Å². The number of rotatable bonds is 5. The fourth-order valence-electron chi connectivity index (χ4n) is 3.69. The predicted octanol–water partition coefficient (Wildman–Crippen LogP) is 2.93. The molecule has 2 aliphatic carbocycles. The van der Waals surface area contributed by atoms with Gasteiger partial charge in [0.1, 0.15) is 0 Å². The van der Waals surface area contributed by atoms with E-state index in [4.69, 9.17) is 5.73 Å². The van der Waals surface area contributed by atoms with E-state index in [1.165, 1.54) is 38.5 Å². The number of carbonyl (C=O) groups is 1. The minimum atomic E-state index is 0.301. The first kappa shape index (κ1) is 14.8. The van der Waals surface area contributed by atoms with Crippen molar-refractivity contribution in [1.82, 2.24) is 4.90 Å². The summed E-state index contributed by atoms with van der Waals surface area (Å²) in [5.41, 5.74) is 5.63. The number of hydrogen-bond donors (Lipinski definition) is 1. The van der Waals surface area contributed by atoms with Crippen molar-refractivity contribution in [2.45, 2.75) is 70.8 Å². The number of carbonyl (C=O) groups excluding carboxylic acids is 1. The Balaban J connectivity index is 1.93. The lowest BCUT2D eigenvalue weighted by molar-refractivity contribution is -0.139. The van der Waals surface area contributed by atoms with E-state index in [-0.39, 0.29) is 0 Å². The molecule has 0 spiro atoms. The summed E-state index contributed by atoms with van der Waals surface area (Å²) in [5, 5.41) is 0. The summed E-state index contributed by atoms with van der Waals surface area (Å²) in [5.74, 6) is 1.55. The van der Waals surface area contributed by atoms with Crippen molar-refractivity contribution in [3.05, 3.63) is 0 Å². The van der Waals surface area contributed by atoms with Crippen LogP contribution in [0.25, 0.3) is 0 Å². The first-order valence-electron chi connectivity index (χ1n) is 8.23. The van der Waals surface area contributed by atoms with Gasteiger partial charge in [-0.05, 0) is 57.4 Å². The molecule has 3 heteroatoms. The average molecular weight is 266 g/mol.